The molecule has 90 valence electrons. The highest BCUT2D eigenvalue weighted by Crippen LogP contribution is 2.03. The molecule has 0 aromatic rings. The maximum absolute atomic E-state index is 11.6. The Morgan fingerprint density at radius 3 is 2.82 bits per heavy atom. The van der Waals surface area contributed by atoms with Crippen molar-refractivity contribution in [2.75, 3.05) is 6.61 Å². The van der Waals surface area contributed by atoms with Crippen molar-refractivity contribution in [3.63, 3.8) is 0 Å². The van der Waals surface area contributed by atoms with E-state index in [2.05, 4.69) is 6.58 Å². The fraction of sp³-hybridized carbons (Fsp3) is 0.286. The molecule has 0 fully saturated rings. The van der Waals surface area contributed by atoms with Gasteiger partial charge in [0.2, 0.25) is 0 Å². The molecule has 0 aromatic carbocycles. The lowest BCUT2D eigenvalue weighted by Crippen LogP contribution is -2.07. The van der Waals surface area contributed by atoms with Crippen molar-refractivity contribution in [2.24, 2.45) is 0 Å². The van der Waals surface area contributed by atoms with Crippen LogP contribution in [-0.2, 0) is 9.53 Å². The average molecular weight is 231 g/mol. The van der Waals surface area contributed by atoms with Gasteiger partial charge < -0.3 is 4.74 Å². The molecule has 0 saturated heterocycles. The first-order valence-corrected chi connectivity index (χ1v) is 5.49. The smallest absolute Gasteiger partial charge is 0.338 e. The molecule has 0 spiro atoms. The Hall–Kier alpha value is -2.08. The molecular formula is C14H17NO2. The monoisotopic (exact) mass is 231 g/mol. The third-order valence-corrected chi connectivity index (χ3v) is 1.83. The van der Waals surface area contributed by atoms with Crippen LogP contribution in [0.25, 0.3) is 0 Å². The second-order valence-corrected chi connectivity index (χ2v) is 3.19. The lowest BCUT2D eigenvalue weighted by atomic mass is 10.2. The molecule has 3 heteroatoms. The Labute approximate surface area is 102 Å². The van der Waals surface area contributed by atoms with Crippen molar-refractivity contribution >= 4 is 5.97 Å². The van der Waals surface area contributed by atoms with E-state index in [-0.39, 0.29) is 5.97 Å². The minimum absolute atomic E-state index is 0.390. The molecule has 0 aliphatic carbocycles. The summed E-state index contributed by atoms with van der Waals surface area (Å²) in [5, 5.41) is 8.35. The van der Waals surface area contributed by atoms with E-state index in [4.69, 9.17) is 10.00 Å². The fourth-order valence-corrected chi connectivity index (χ4v) is 0.951. The number of rotatable bonds is 7. The predicted octanol–water partition coefficient (Wildman–Crippen LogP) is 3.08. The van der Waals surface area contributed by atoms with Crippen LogP contribution in [0.4, 0.5) is 0 Å². The lowest BCUT2D eigenvalue weighted by Gasteiger charge is -2.03. The van der Waals surface area contributed by atoms with E-state index in [9.17, 15) is 4.79 Å². The molecule has 0 atom stereocenters. The molecule has 0 saturated carbocycles. The molecule has 0 aliphatic rings. The van der Waals surface area contributed by atoms with Crippen molar-refractivity contribution in [1.29, 1.82) is 5.26 Å². The summed E-state index contributed by atoms with van der Waals surface area (Å²) < 4.78 is 5.06. The summed E-state index contributed by atoms with van der Waals surface area (Å²) in [6.07, 6.45) is 11.0. The normalized spacial score (nSPS) is 11.6. The standard InChI is InChI=1S/C14H17NO2/c1-3-5-9-13(10-7-8-11-15)14(16)17-12-6-4-2/h3,5,7-10H,1,4,6,12H2,2H3. The Bertz CT molecular complexity index is 370. The van der Waals surface area contributed by atoms with E-state index >= 15 is 0 Å². The minimum Gasteiger partial charge on any atom is -0.462 e. The van der Waals surface area contributed by atoms with Crippen molar-refractivity contribution < 1.29 is 9.53 Å². The quantitative estimate of drug-likeness (QED) is 0.222. The van der Waals surface area contributed by atoms with Crippen molar-refractivity contribution in [3.8, 4) is 6.07 Å². The molecular weight excluding hydrogens is 214 g/mol. The van der Waals surface area contributed by atoms with Gasteiger partial charge in [-0.05, 0) is 18.6 Å². The maximum atomic E-state index is 11.6. The second kappa shape index (κ2) is 10.4. The van der Waals surface area contributed by atoms with E-state index in [1.54, 1.807) is 18.2 Å². The highest BCUT2D eigenvalue weighted by atomic mass is 16.5. The molecule has 0 N–H and O–H groups in total. The molecule has 0 radical (unpaired) electrons. The molecule has 3 nitrogen and oxygen atoms in total. The number of allylic oxidation sites excluding steroid dienone is 5. The van der Waals surface area contributed by atoms with Gasteiger partial charge in [0.05, 0.1) is 18.2 Å². The molecule has 0 amide bonds. The first-order chi connectivity index (χ1) is 8.26. The number of hydrogen-bond acceptors (Lipinski definition) is 3. The van der Waals surface area contributed by atoms with Crippen LogP contribution in [0.15, 0.2) is 48.6 Å². The van der Waals surface area contributed by atoms with Crippen LogP contribution in [0.2, 0.25) is 0 Å². The molecule has 0 rings (SSSR count). The van der Waals surface area contributed by atoms with Crippen LogP contribution in [0.1, 0.15) is 19.8 Å². The van der Waals surface area contributed by atoms with Crippen LogP contribution in [-0.4, -0.2) is 12.6 Å². The van der Waals surface area contributed by atoms with Gasteiger partial charge in [-0.15, -0.1) is 0 Å². The highest BCUT2D eigenvalue weighted by Gasteiger charge is 2.05. The number of nitriles is 1. The number of carbonyl (C=O) groups excluding carboxylic acids is 1. The van der Waals surface area contributed by atoms with Crippen LogP contribution >= 0.6 is 0 Å². The number of ether oxygens (including phenoxy) is 1. The van der Waals surface area contributed by atoms with Gasteiger partial charge in [0, 0.05) is 6.08 Å². The molecule has 0 aromatic heterocycles. The Balaban J connectivity index is 4.57. The largest absolute Gasteiger partial charge is 0.462 e. The van der Waals surface area contributed by atoms with E-state index in [0.29, 0.717) is 12.2 Å². The summed E-state index contributed by atoms with van der Waals surface area (Å²) in [5.74, 6) is -0.390. The zero-order valence-corrected chi connectivity index (χ0v) is 10.1. The summed E-state index contributed by atoms with van der Waals surface area (Å²) in [7, 11) is 0. The zero-order chi connectivity index (χ0) is 12.9. The Morgan fingerprint density at radius 1 is 1.47 bits per heavy atom. The third-order valence-electron chi connectivity index (χ3n) is 1.83. The number of carbonyl (C=O) groups is 1. The van der Waals surface area contributed by atoms with Gasteiger partial charge in [0.25, 0.3) is 0 Å². The Morgan fingerprint density at radius 2 is 2.24 bits per heavy atom. The van der Waals surface area contributed by atoms with Gasteiger partial charge in [-0.2, -0.15) is 5.26 Å². The Kier molecular flexibility index (Phi) is 9.16. The minimum atomic E-state index is -0.390. The molecule has 0 heterocycles. The fourth-order valence-electron chi connectivity index (χ4n) is 0.951. The lowest BCUT2D eigenvalue weighted by molar-refractivity contribution is -0.138. The maximum Gasteiger partial charge on any atom is 0.338 e. The van der Waals surface area contributed by atoms with E-state index < -0.39 is 0 Å². The number of unbranched alkanes of at least 4 members (excludes halogenated alkanes) is 1. The zero-order valence-electron chi connectivity index (χ0n) is 10.1. The molecule has 17 heavy (non-hydrogen) atoms. The molecule has 0 bridgehead atoms. The SMILES string of the molecule is C=CC=CC(=CC=CC#N)C(=O)OCCCC. The molecule has 0 unspecified atom stereocenters. The van der Waals surface area contributed by atoms with Crippen LogP contribution < -0.4 is 0 Å². The van der Waals surface area contributed by atoms with Gasteiger partial charge >= 0.3 is 5.97 Å². The summed E-state index contributed by atoms with van der Waals surface area (Å²) in [6, 6.07) is 1.85. The van der Waals surface area contributed by atoms with Gasteiger partial charge in [-0.1, -0.05) is 38.2 Å². The van der Waals surface area contributed by atoms with Crippen molar-refractivity contribution in [3.05, 3.63) is 48.6 Å². The van der Waals surface area contributed by atoms with Gasteiger partial charge in [0.15, 0.2) is 0 Å². The van der Waals surface area contributed by atoms with E-state index in [0.717, 1.165) is 12.8 Å². The highest BCUT2D eigenvalue weighted by molar-refractivity contribution is 5.92. The number of hydrogen-bond donors (Lipinski definition) is 0. The summed E-state index contributed by atoms with van der Waals surface area (Å²) in [6.45, 7) is 5.97. The first kappa shape index (κ1) is 14.9. The average Bonchev–Trinajstić information content (AvgIpc) is 2.33. The van der Waals surface area contributed by atoms with Gasteiger partial charge in [-0.3, -0.25) is 0 Å². The summed E-state index contributed by atoms with van der Waals surface area (Å²) >= 11 is 0. The van der Waals surface area contributed by atoms with E-state index in [1.807, 2.05) is 13.0 Å². The summed E-state index contributed by atoms with van der Waals surface area (Å²) in [5.41, 5.74) is 0.396. The topological polar surface area (TPSA) is 50.1 Å². The van der Waals surface area contributed by atoms with Crippen LogP contribution in [0, 0.1) is 11.3 Å². The van der Waals surface area contributed by atoms with Crippen molar-refractivity contribution in [2.45, 2.75) is 19.8 Å². The number of esters is 1. The van der Waals surface area contributed by atoms with E-state index in [1.165, 1.54) is 18.2 Å². The van der Waals surface area contributed by atoms with Crippen LogP contribution in [0.3, 0.4) is 0 Å². The first-order valence-electron chi connectivity index (χ1n) is 5.49. The second-order valence-electron chi connectivity index (χ2n) is 3.19. The predicted molar refractivity (Wildman–Crippen MR) is 68.0 cm³/mol. The van der Waals surface area contributed by atoms with Gasteiger partial charge in [0.1, 0.15) is 0 Å². The molecule has 0 aliphatic heterocycles. The summed E-state index contributed by atoms with van der Waals surface area (Å²) in [4.78, 5) is 11.6. The van der Waals surface area contributed by atoms with Crippen molar-refractivity contribution in [1.82, 2.24) is 0 Å². The van der Waals surface area contributed by atoms with Crippen LogP contribution in [0.5, 0.6) is 0 Å². The third kappa shape index (κ3) is 7.80. The van der Waals surface area contributed by atoms with Gasteiger partial charge in [-0.25, -0.2) is 4.79 Å². The number of nitrogens with zero attached hydrogens (tertiary/aromatic N) is 1.